The van der Waals surface area contributed by atoms with Crippen LogP contribution >= 0.6 is 15.9 Å². The van der Waals surface area contributed by atoms with Gasteiger partial charge in [-0.2, -0.15) is 0 Å². The van der Waals surface area contributed by atoms with E-state index in [2.05, 4.69) is 21.2 Å². The topological polar surface area (TPSA) is 30.5 Å². The van der Waals surface area contributed by atoms with Crippen LogP contribution in [0.5, 0.6) is 11.5 Å². The third kappa shape index (κ3) is 2.44. The first-order chi connectivity index (χ1) is 7.31. The van der Waals surface area contributed by atoms with Gasteiger partial charge in [-0.1, -0.05) is 22.0 Å². The van der Waals surface area contributed by atoms with Crippen LogP contribution < -0.4 is 14.8 Å². The molecule has 0 aliphatic carbocycles. The Bertz CT molecular complexity index is 343. The average molecular weight is 272 g/mol. The van der Waals surface area contributed by atoms with Crippen LogP contribution in [-0.2, 0) is 0 Å². The van der Waals surface area contributed by atoms with Crippen molar-refractivity contribution in [2.24, 2.45) is 0 Å². The third-order valence-electron chi connectivity index (χ3n) is 2.32. The molecule has 0 bridgehead atoms. The summed E-state index contributed by atoms with van der Waals surface area (Å²) in [4.78, 5) is 0.148. The van der Waals surface area contributed by atoms with Crippen molar-refractivity contribution in [1.29, 1.82) is 0 Å². The second-order valence-corrected chi connectivity index (χ2v) is 4.32. The van der Waals surface area contributed by atoms with Gasteiger partial charge in [0.05, 0.1) is 18.2 Å². The van der Waals surface area contributed by atoms with Gasteiger partial charge in [0.25, 0.3) is 0 Å². The van der Waals surface area contributed by atoms with Crippen molar-refractivity contribution in [3.05, 3.63) is 23.8 Å². The minimum atomic E-state index is 0.148. The summed E-state index contributed by atoms with van der Waals surface area (Å²) in [5, 5.41) is 3.12. The van der Waals surface area contributed by atoms with E-state index >= 15 is 0 Å². The van der Waals surface area contributed by atoms with Gasteiger partial charge in [-0.15, -0.1) is 0 Å². The van der Waals surface area contributed by atoms with Crippen molar-refractivity contribution in [3.8, 4) is 11.5 Å². The Kier molecular flexibility index (Phi) is 3.49. The van der Waals surface area contributed by atoms with Gasteiger partial charge in [0.2, 0.25) is 0 Å². The van der Waals surface area contributed by atoms with Crippen LogP contribution in [0.2, 0.25) is 0 Å². The zero-order chi connectivity index (χ0) is 10.7. The maximum Gasteiger partial charge on any atom is 0.161 e. The molecule has 0 saturated carbocycles. The molecule has 0 amide bonds. The standard InChI is InChI=1S/C11H14BrNO2/c1-13-11(12)8-3-4-9-10(7-8)15-6-2-5-14-9/h3-4,7,11,13H,2,5-6H2,1H3. The summed E-state index contributed by atoms with van der Waals surface area (Å²) in [6, 6.07) is 6.00. The molecule has 82 valence electrons. The molecular weight excluding hydrogens is 258 g/mol. The van der Waals surface area contributed by atoms with Crippen molar-refractivity contribution >= 4 is 15.9 Å². The number of hydrogen-bond donors (Lipinski definition) is 1. The van der Waals surface area contributed by atoms with Gasteiger partial charge >= 0.3 is 0 Å². The molecule has 0 aromatic heterocycles. The van der Waals surface area contributed by atoms with E-state index in [4.69, 9.17) is 9.47 Å². The van der Waals surface area contributed by atoms with Gasteiger partial charge in [-0.05, 0) is 24.7 Å². The summed E-state index contributed by atoms with van der Waals surface area (Å²) >= 11 is 3.52. The molecule has 0 fully saturated rings. The SMILES string of the molecule is CNC(Br)c1ccc2c(c1)OCCCO2. The molecule has 0 spiro atoms. The average Bonchev–Trinajstić information content (AvgIpc) is 2.51. The number of halogens is 1. The lowest BCUT2D eigenvalue weighted by Crippen LogP contribution is -2.09. The largest absolute Gasteiger partial charge is 0.490 e. The van der Waals surface area contributed by atoms with Crippen molar-refractivity contribution in [1.82, 2.24) is 5.32 Å². The summed E-state index contributed by atoms with van der Waals surface area (Å²) in [7, 11) is 1.91. The van der Waals surface area contributed by atoms with Gasteiger partial charge in [0.1, 0.15) is 0 Å². The van der Waals surface area contributed by atoms with Crippen molar-refractivity contribution in [3.63, 3.8) is 0 Å². The van der Waals surface area contributed by atoms with E-state index in [1.807, 2.05) is 25.2 Å². The molecule has 2 rings (SSSR count). The number of fused-ring (bicyclic) bond motifs is 1. The first-order valence-electron chi connectivity index (χ1n) is 5.02. The molecule has 1 aromatic rings. The van der Waals surface area contributed by atoms with Crippen LogP contribution in [-0.4, -0.2) is 20.3 Å². The van der Waals surface area contributed by atoms with E-state index in [-0.39, 0.29) is 4.95 Å². The molecule has 4 heteroatoms. The van der Waals surface area contributed by atoms with Gasteiger partial charge < -0.3 is 14.8 Å². The smallest absolute Gasteiger partial charge is 0.161 e. The summed E-state index contributed by atoms with van der Waals surface area (Å²) < 4.78 is 11.2. The molecule has 1 aromatic carbocycles. The molecular formula is C11H14BrNO2. The monoisotopic (exact) mass is 271 g/mol. The summed E-state index contributed by atoms with van der Waals surface area (Å²) in [6.45, 7) is 1.46. The van der Waals surface area contributed by atoms with Crippen LogP contribution in [0.25, 0.3) is 0 Å². The lowest BCUT2D eigenvalue weighted by Gasteiger charge is -2.12. The number of rotatable bonds is 2. The van der Waals surface area contributed by atoms with E-state index < -0.39 is 0 Å². The van der Waals surface area contributed by atoms with Gasteiger partial charge in [0.15, 0.2) is 11.5 Å². The second-order valence-electron chi connectivity index (χ2n) is 3.41. The van der Waals surface area contributed by atoms with Crippen molar-refractivity contribution in [2.75, 3.05) is 20.3 Å². The Morgan fingerprint density at radius 2 is 2.00 bits per heavy atom. The predicted octanol–water partition coefficient (Wildman–Crippen LogP) is 2.46. The minimum Gasteiger partial charge on any atom is -0.490 e. The van der Waals surface area contributed by atoms with E-state index in [9.17, 15) is 0 Å². The highest BCUT2D eigenvalue weighted by Crippen LogP contribution is 2.33. The zero-order valence-electron chi connectivity index (χ0n) is 8.63. The van der Waals surface area contributed by atoms with Gasteiger partial charge in [-0.25, -0.2) is 0 Å². The Balaban J connectivity index is 2.27. The Labute approximate surface area is 97.9 Å². The molecule has 1 aliphatic heterocycles. The molecule has 1 unspecified atom stereocenters. The van der Waals surface area contributed by atoms with Crippen LogP contribution in [0.4, 0.5) is 0 Å². The van der Waals surface area contributed by atoms with Gasteiger partial charge in [-0.3, -0.25) is 0 Å². The highest BCUT2D eigenvalue weighted by atomic mass is 79.9. The lowest BCUT2D eigenvalue weighted by atomic mass is 10.2. The molecule has 1 heterocycles. The fourth-order valence-corrected chi connectivity index (χ4v) is 1.79. The summed E-state index contributed by atoms with van der Waals surface area (Å²) in [6.07, 6.45) is 0.938. The molecule has 1 aliphatic rings. The predicted molar refractivity (Wildman–Crippen MR) is 62.8 cm³/mol. The Hall–Kier alpha value is -0.740. The second kappa shape index (κ2) is 4.86. The fraction of sp³-hybridized carbons (Fsp3) is 0.455. The fourth-order valence-electron chi connectivity index (χ4n) is 1.50. The number of hydrogen-bond acceptors (Lipinski definition) is 3. The van der Waals surface area contributed by atoms with Crippen LogP contribution in [0.15, 0.2) is 18.2 Å². The molecule has 1 N–H and O–H groups in total. The van der Waals surface area contributed by atoms with E-state index in [0.717, 1.165) is 36.7 Å². The highest BCUT2D eigenvalue weighted by molar-refractivity contribution is 9.09. The molecule has 1 atom stereocenters. The maximum absolute atomic E-state index is 5.61. The highest BCUT2D eigenvalue weighted by Gasteiger charge is 2.13. The first-order valence-corrected chi connectivity index (χ1v) is 5.93. The maximum atomic E-state index is 5.61. The van der Waals surface area contributed by atoms with Crippen molar-refractivity contribution in [2.45, 2.75) is 11.4 Å². The third-order valence-corrected chi connectivity index (χ3v) is 3.30. The summed E-state index contributed by atoms with van der Waals surface area (Å²) in [5.41, 5.74) is 1.14. The number of ether oxygens (including phenoxy) is 2. The van der Waals surface area contributed by atoms with E-state index in [1.165, 1.54) is 0 Å². The Morgan fingerprint density at radius 3 is 2.73 bits per heavy atom. The minimum absolute atomic E-state index is 0.148. The Morgan fingerprint density at radius 1 is 1.27 bits per heavy atom. The van der Waals surface area contributed by atoms with E-state index in [1.54, 1.807) is 0 Å². The van der Waals surface area contributed by atoms with Crippen molar-refractivity contribution < 1.29 is 9.47 Å². The lowest BCUT2D eigenvalue weighted by molar-refractivity contribution is 0.297. The molecule has 0 saturated heterocycles. The molecule has 3 nitrogen and oxygen atoms in total. The van der Waals surface area contributed by atoms with Crippen LogP contribution in [0.3, 0.4) is 0 Å². The van der Waals surface area contributed by atoms with E-state index in [0.29, 0.717) is 0 Å². The quantitative estimate of drug-likeness (QED) is 0.662. The zero-order valence-corrected chi connectivity index (χ0v) is 10.2. The summed E-state index contributed by atoms with van der Waals surface area (Å²) in [5.74, 6) is 1.68. The number of benzene rings is 1. The molecule has 0 radical (unpaired) electrons. The normalized spacial score (nSPS) is 16.9. The van der Waals surface area contributed by atoms with Crippen LogP contribution in [0.1, 0.15) is 16.9 Å². The number of alkyl halides is 1. The number of nitrogens with one attached hydrogen (secondary N) is 1. The van der Waals surface area contributed by atoms with Crippen LogP contribution in [0, 0.1) is 0 Å². The first kappa shape index (κ1) is 10.8. The van der Waals surface area contributed by atoms with Gasteiger partial charge in [0, 0.05) is 6.42 Å². The molecule has 15 heavy (non-hydrogen) atoms.